The Morgan fingerprint density at radius 3 is 2.43 bits per heavy atom. The summed E-state index contributed by atoms with van der Waals surface area (Å²) in [6, 6.07) is 9.63. The number of allylic oxidation sites excluding steroid dienone is 2. The van der Waals surface area contributed by atoms with Gasteiger partial charge in [0.1, 0.15) is 11.6 Å². The fourth-order valence-electron chi connectivity index (χ4n) is 1.70. The smallest absolute Gasteiger partial charge is 0.349 e. The zero-order chi connectivity index (χ0) is 15.8. The van der Waals surface area contributed by atoms with Crippen LogP contribution in [0.4, 0.5) is 0 Å². The minimum atomic E-state index is -0.598. The number of ether oxygens (including phenoxy) is 1. The molecule has 0 saturated heterocycles. The Hall–Kier alpha value is -2.54. The van der Waals surface area contributed by atoms with E-state index in [4.69, 9.17) is 4.74 Å². The zero-order valence-electron chi connectivity index (χ0n) is 12.9. The van der Waals surface area contributed by atoms with Gasteiger partial charge in [-0.3, -0.25) is 0 Å². The first-order valence-corrected chi connectivity index (χ1v) is 6.72. The predicted molar refractivity (Wildman–Crippen MR) is 83.2 cm³/mol. The Kier molecular flexibility index (Phi) is 6.22. The number of esters is 1. The highest BCUT2D eigenvalue weighted by Crippen LogP contribution is 2.22. The Bertz CT molecular complexity index is 590. The molecule has 0 aromatic heterocycles. The van der Waals surface area contributed by atoms with E-state index in [1.165, 1.54) is 0 Å². The number of nitrogens with zero attached hydrogens (tertiary/aromatic N) is 2. The van der Waals surface area contributed by atoms with E-state index in [2.05, 4.69) is 0 Å². The summed E-state index contributed by atoms with van der Waals surface area (Å²) in [5, 5.41) is 9.32. The van der Waals surface area contributed by atoms with Crippen molar-refractivity contribution in [2.45, 2.75) is 13.8 Å². The van der Waals surface area contributed by atoms with Crippen LogP contribution in [0.1, 0.15) is 18.1 Å². The van der Waals surface area contributed by atoms with Crippen LogP contribution in [0.5, 0.6) is 0 Å². The highest BCUT2D eigenvalue weighted by molar-refractivity contribution is 6.03. The molecule has 0 fully saturated rings. The lowest BCUT2D eigenvalue weighted by Gasteiger charge is -2.09. The van der Waals surface area contributed by atoms with Crippen molar-refractivity contribution >= 4 is 11.5 Å². The van der Waals surface area contributed by atoms with Crippen LogP contribution in [0, 0.1) is 18.3 Å². The highest BCUT2D eigenvalue weighted by Gasteiger charge is 2.16. The summed E-state index contributed by atoms with van der Waals surface area (Å²) < 4.78 is 4.96. The molecule has 0 unspecified atom stereocenters. The maximum atomic E-state index is 12.0. The Morgan fingerprint density at radius 1 is 1.33 bits per heavy atom. The Balaban J connectivity index is 3.39. The van der Waals surface area contributed by atoms with Crippen LogP contribution in [0.25, 0.3) is 5.57 Å². The average Bonchev–Trinajstić information content (AvgIpc) is 2.44. The second-order valence-electron chi connectivity index (χ2n) is 4.77. The molecule has 4 nitrogen and oxygen atoms in total. The SMILES string of the molecule is CCOC(=O)C(C#N)=C(C=CN(C)C)c1ccc(C)cc1. The van der Waals surface area contributed by atoms with Crippen molar-refractivity contribution in [2.75, 3.05) is 20.7 Å². The lowest BCUT2D eigenvalue weighted by Crippen LogP contribution is -2.09. The van der Waals surface area contributed by atoms with E-state index in [1.807, 2.05) is 56.3 Å². The number of carbonyl (C=O) groups excluding carboxylic acids is 1. The molecule has 0 aliphatic heterocycles. The summed E-state index contributed by atoms with van der Waals surface area (Å²) in [6.45, 7) is 3.94. The number of nitriles is 1. The average molecular weight is 284 g/mol. The van der Waals surface area contributed by atoms with Crippen LogP contribution >= 0.6 is 0 Å². The van der Waals surface area contributed by atoms with Crippen LogP contribution < -0.4 is 0 Å². The topological polar surface area (TPSA) is 53.3 Å². The summed E-state index contributed by atoms with van der Waals surface area (Å²) in [5.41, 5.74) is 2.50. The molecule has 1 rings (SSSR count). The Labute approximate surface area is 125 Å². The van der Waals surface area contributed by atoms with E-state index in [1.54, 1.807) is 19.2 Å². The molecular formula is C17H20N2O2. The molecule has 1 aromatic carbocycles. The van der Waals surface area contributed by atoms with Gasteiger partial charge in [0.05, 0.1) is 6.61 Å². The lowest BCUT2D eigenvalue weighted by molar-refractivity contribution is -0.137. The lowest BCUT2D eigenvalue weighted by atomic mass is 9.99. The molecule has 0 amide bonds. The van der Waals surface area contributed by atoms with Crippen molar-refractivity contribution in [3.8, 4) is 6.07 Å². The monoisotopic (exact) mass is 284 g/mol. The molecule has 0 spiro atoms. The van der Waals surface area contributed by atoms with E-state index in [0.717, 1.165) is 11.1 Å². The summed E-state index contributed by atoms with van der Waals surface area (Å²) in [5.74, 6) is -0.598. The number of carbonyl (C=O) groups is 1. The van der Waals surface area contributed by atoms with Crippen LogP contribution in [0.3, 0.4) is 0 Å². The van der Waals surface area contributed by atoms with Crippen molar-refractivity contribution in [1.82, 2.24) is 4.90 Å². The van der Waals surface area contributed by atoms with Gasteiger partial charge in [0.15, 0.2) is 0 Å². The predicted octanol–water partition coefficient (Wildman–Crippen LogP) is 2.91. The van der Waals surface area contributed by atoms with Crippen LogP contribution in [0.2, 0.25) is 0 Å². The number of aryl methyl sites for hydroxylation is 1. The van der Waals surface area contributed by atoms with Gasteiger partial charge in [0.2, 0.25) is 0 Å². The number of hydrogen-bond acceptors (Lipinski definition) is 4. The van der Waals surface area contributed by atoms with E-state index < -0.39 is 5.97 Å². The van der Waals surface area contributed by atoms with E-state index in [0.29, 0.717) is 5.57 Å². The first-order valence-electron chi connectivity index (χ1n) is 6.72. The second kappa shape index (κ2) is 7.91. The van der Waals surface area contributed by atoms with Gasteiger partial charge in [-0.15, -0.1) is 0 Å². The van der Waals surface area contributed by atoms with Crippen LogP contribution in [0.15, 0.2) is 42.1 Å². The van der Waals surface area contributed by atoms with Crippen molar-refractivity contribution in [3.63, 3.8) is 0 Å². The van der Waals surface area contributed by atoms with Crippen molar-refractivity contribution < 1.29 is 9.53 Å². The van der Waals surface area contributed by atoms with Gasteiger partial charge < -0.3 is 9.64 Å². The molecule has 0 atom stereocenters. The van der Waals surface area contributed by atoms with Crippen LogP contribution in [-0.2, 0) is 9.53 Å². The quantitative estimate of drug-likeness (QED) is 0.361. The van der Waals surface area contributed by atoms with Gasteiger partial charge in [0.25, 0.3) is 0 Å². The number of benzene rings is 1. The van der Waals surface area contributed by atoms with Gasteiger partial charge >= 0.3 is 5.97 Å². The molecule has 0 aliphatic carbocycles. The largest absolute Gasteiger partial charge is 0.462 e. The first-order chi connectivity index (χ1) is 9.99. The van der Waals surface area contributed by atoms with Crippen molar-refractivity contribution in [1.29, 1.82) is 5.26 Å². The van der Waals surface area contributed by atoms with Crippen LogP contribution in [-0.4, -0.2) is 31.6 Å². The summed E-state index contributed by atoms with van der Waals surface area (Å²) in [4.78, 5) is 13.8. The maximum Gasteiger partial charge on any atom is 0.349 e. The maximum absolute atomic E-state index is 12.0. The minimum absolute atomic E-state index is 0.0128. The molecular weight excluding hydrogens is 264 g/mol. The number of rotatable bonds is 5. The highest BCUT2D eigenvalue weighted by atomic mass is 16.5. The fraction of sp³-hybridized carbons (Fsp3) is 0.294. The standard InChI is InChI=1S/C17H20N2O2/c1-5-21-17(20)16(12-18)15(10-11-19(3)4)14-8-6-13(2)7-9-14/h6-11H,5H2,1-4H3. The van der Waals surface area contributed by atoms with Gasteiger partial charge in [-0.25, -0.2) is 4.79 Å². The molecule has 0 radical (unpaired) electrons. The van der Waals surface area contributed by atoms with Gasteiger partial charge in [-0.05, 0) is 31.7 Å². The molecule has 0 N–H and O–H groups in total. The first kappa shape index (κ1) is 16.5. The third-order valence-electron chi connectivity index (χ3n) is 2.76. The summed E-state index contributed by atoms with van der Waals surface area (Å²) in [7, 11) is 3.75. The van der Waals surface area contributed by atoms with E-state index in [9.17, 15) is 10.1 Å². The van der Waals surface area contributed by atoms with Gasteiger partial charge in [-0.1, -0.05) is 29.8 Å². The Morgan fingerprint density at radius 2 is 1.95 bits per heavy atom. The van der Waals surface area contributed by atoms with Gasteiger partial charge in [-0.2, -0.15) is 5.26 Å². The minimum Gasteiger partial charge on any atom is -0.462 e. The summed E-state index contributed by atoms with van der Waals surface area (Å²) >= 11 is 0. The number of hydrogen-bond donors (Lipinski definition) is 0. The summed E-state index contributed by atoms with van der Waals surface area (Å²) in [6.07, 6.45) is 3.55. The second-order valence-corrected chi connectivity index (χ2v) is 4.77. The van der Waals surface area contributed by atoms with E-state index >= 15 is 0 Å². The third-order valence-corrected chi connectivity index (χ3v) is 2.76. The molecule has 4 heteroatoms. The molecule has 0 bridgehead atoms. The normalized spacial score (nSPS) is 11.8. The molecule has 110 valence electrons. The molecule has 1 aromatic rings. The fourth-order valence-corrected chi connectivity index (χ4v) is 1.70. The van der Waals surface area contributed by atoms with Crippen molar-refractivity contribution in [2.24, 2.45) is 0 Å². The zero-order valence-corrected chi connectivity index (χ0v) is 12.9. The molecule has 0 aliphatic rings. The van der Waals surface area contributed by atoms with Gasteiger partial charge in [0, 0.05) is 19.7 Å². The third kappa shape index (κ3) is 4.81. The molecule has 0 saturated carbocycles. The molecule has 21 heavy (non-hydrogen) atoms. The molecule has 0 heterocycles. The van der Waals surface area contributed by atoms with Crippen molar-refractivity contribution in [3.05, 3.63) is 53.2 Å². The van der Waals surface area contributed by atoms with E-state index in [-0.39, 0.29) is 12.2 Å².